The zero-order valence-electron chi connectivity index (χ0n) is 16.8. The molecule has 2 saturated heterocycles. The molecule has 0 aliphatic carbocycles. The minimum absolute atomic E-state index is 0.0638. The summed E-state index contributed by atoms with van der Waals surface area (Å²) >= 11 is 3.07. The lowest BCUT2D eigenvalue weighted by atomic mass is 10.0. The molecule has 0 unspecified atom stereocenters. The Morgan fingerprint density at radius 3 is 2.72 bits per heavy atom. The van der Waals surface area contributed by atoms with Crippen molar-refractivity contribution < 1.29 is 9.59 Å². The number of rotatable bonds is 6. The standard InChI is InChI=1S/C18H27N7O2S2/c1-12-13(2)29-18(21-12)22-16(26)8-23-5-3-14(4-6-23)25(20)9-17(27)24-11-28-10-15(24)7-19/h14-15H,3-6,8-11,20H2,1-2H3,(H,21,22,26)/t15-/m1/s1. The van der Waals surface area contributed by atoms with Crippen LogP contribution in [-0.2, 0) is 9.59 Å². The van der Waals surface area contributed by atoms with E-state index >= 15 is 0 Å². The van der Waals surface area contributed by atoms with Crippen molar-refractivity contribution in [3.8, 4) is 6.07 Å². The number of nitriles is 1. The van der Waals surface area contributed by atoms with Gasteiger partial charge in [0.2, 0.25) is 11.8 Å². The molecule has 3 rings (SSSR count). The number of hydrazine groups is 1. The van der Waals surface area contributed by atoms with Crippen molar-refractivity contribution in [1.29, 1.82) is 5.26 Å². The number of carbonyl (C=O) groups is 2. The Morgan fingerprint density at radius 2 is 2.10 bits per heavy atom. The highest BCUT2D eigenvalue weighted by molar-refractivity contribution is 7.99. The summed E-state index contributed by atoms with van der Waals surface area (Å²) in [6.07, 6.45) is 1.59. The molecule has 0 saturated carbocycles. The molecule has 3 heterocycles. The lowest BCUT2D eigenvalue weighted by Crippen LogP contribution is -2.53. The first-order valence-corrected chi connectivity index (χ1v) is 11.6. The predicted octanol–water partition coefficient (Wildman–Crippen LogP) is 0.764. The number of thiazole rings is 1. The van der Waals surface area contributed by atoms with E-state index in [9.17, 15) is 9.59 Å². The van der Waals surface area contributed by atoms with Crippen LogP contribution in [0.15, 0.2) is 0 Å². The van der Waals surface area contributed by atoms with Gasteiger partial charge in [0, 0.05) is 29.8 Å². The molecule has 2 aliphatic heterocycles. The number of piperidine rings is 1. The Hall–Kier alpha value is -1.71. The number of nitrogens with zero attached hydrogens (tertiary/aromatic N) is 5. The molecule has 1 atom stereocenters. The maximum absolute atomic E-state index is 12.4. The number of hydrogen-bond acceptors (Lipinski definition) is 9. The largest absolute Gasteiger partial charge is 0.315 e. The maximum atomic E-state index is 12.4. The molecular weight excluding hydrogens is 410 g/mol. The van der Waals surface area contributed by atoms with Crippen LogP contribution < -0.4 is 11.2 Å². The van der Waals surface area contributed by atoms with Gasteiger partial charge in [-0.1, -0.05) is 0 Å². The third kappa shape index (κ3) is 5.67. The van der Waals surface area contributed by atoms with Gasteiger partial charge in [0.1, 0.15) is 6.04 Å². The van der Waals surface area contributed by atoms with Gasteiger partial charge in [-0.15, -0.1) is 23.1 Å². The number of carbonyl (C=O) groups excluding carboxylic acids is 2. The molecule has 1 aromatic rings. The van der Waals surface area contributed by atoms with Crippen molar-refractivity contribution in [1.82, 2.24) is 19.8 Å². The Morgan fingerprint density at radius 1 is 1.38 bits per heavy atom. The Balaban J connectivity index is 1.41. The van der Waals surface area contributed by atoms with Gasteiger partial charge in [-0.05, 0) is 26.7 Å². The maximum Gasteiger partial charge on any atom is 0.240 e. The molecule has 2 aliphatic rings. The topological polar surface area (TPSA) is 119 Å². The highest BCUT2D eigenvalue weighted by Gasteiger charge is 2.31. The number of nitrogens with two attached hydrogens (primary N) is 1. The molecule has 11 heteroatoms. The molecule has 3 N–H and O–H groups in total. The van der Waals surface area contributed by atoms with Crippen LogP contribution in [0.5, 0.6) is 0 Å². The second kappa shape index (κ2) is 9.86. The Labute approximate surface area is 179 Å². The number of aromatic nitrogens is 1. The zero-order valence-corrected chi connectivity index (χ0v) is 18.4. The van der Waals surface area contributed by atoms with Gasteiger partial charge >= 0.3 is 0 Å². The van der Waals surface area contributed by atoms with E-state index in [0.29, 0.717) is 23.3 Å². The lowest BCUT2D eigenvalue weighted by molar-refractivity contribution is -0.132. The summed E-state index contributed by atoms with van der Waals surface area (Å²) < 4.78 is 0. The van der Waals surface area contributed by atoms with E-state index < -0.39 is 0 Å². The second-order valence-corrected chi connectivity index (χ2v) is 9.60. The summed E-state index contributed by atoms with van der Waals surface area (Å²) in [5.74, 6) is 7.21. The molecule has 1 aromatic heterocycles. The normalized spacial score (nSPS) is 20.8. The number of thioether (sulfide) groups is 1. The van der Waals surface area contributed by atoms with Crippen molar-refractivity contribution >= 4 is 40.0 Å². The van der Waals surface area contributed by atoms with Crippen LogP contribution >= 0.6 is 23.1 Å². The van der Waals surface area contributed by atoms with Crippen LogP contribution in [0, 0.1) is 25.2 Å². The van der Waals surface area contributed by atoms with Gasteiger partial charge in [0.05, 0.1) is 30.7 Å². The summed E-state index contributed by atoms with van der Waals surface area (Å²) in [5.41, 5.74) is 0.942. The van der Waals surface area contributed by atoms with Crippen LogP contribution in [0.3, 0.4) is 0 Å². The van der Waals surface area contributed by atoms with E-state index in [-0.39, 0.29) is 30.4 Å². The molecular formula is C18H27N7O2S2. The fraction of sp³-hybridized carbons (Fsp3) is 0.667. The van der Waals surface area contributed by atoms with Gasteiger partial charge in [-0.2, -0.15) is 5.26 Å². The first-order valence-electron chi connectivity index (χ1n) is 9.61. The summed E-state index contributed by atoms with van der Waals surface area (Å²) in [4.78, 5) is 33.9. The van der Waals surface area contributed by atoms with Crippen LogP contribution in [0.2, 0.25) is 0 Å². The van der Waals surface area contributed by atoms with E-state index in [1.165, 1.54) is 11.3 Å². The van der Waals surface area contributed by atoms with Crippen LogP contribution in [0.25, 0.3) is 0 Å². The highest BCUT2D eigenvalue weighted by atomic mass is 32.2. The van der Waals surface area contributed by atoms with Crippen LogP contribution in [0.4, 0.5) is 5.13 Å². The molecule has 0 spiro atoms. The molecule has 2 fully saturated rings. The average Bonchev–Trinajstić information content (AvgIpc) is 3.28. The Bertz CT molecular complexity index is 766. The molecule has 29 heavy (non-hydrogen) atoms. The summed E-state index contributed by atoms with van der Waals surface area (Å²) in [6, 6.07) is 1.91. The minimum atomic E-state index is -0.355. The third-order valence-corrected chi connectivity index (χ3v) is 7.34. The van der Waals surface area contributed by atoms with Gasteiger partial charge < -0.3 is 10.2 Å². The first-order chi connectivity index (χ1) is 13.9. The summed E-state index contributed by atoms with van der Waals surface area (Å²) in [6.45, 7) is 5.85. The molecule has 0 bridgehead atoms. The van der Waals surface area contributed by atoms with Gasteiger partial charge in [-0.3, -0.25) is 20.3 Å². The van der Waals surface area contributed by atoms with Crippen LogP contribution in [0.1, 0.15) is 23.4 Å². The number of aryl methyl sites for hydroxylation is 2. The van der Waals surface area contributed by atoms with E-state index in [0.717, 1.165) is 36.5 Å². The fourth-order valence-electron chi connectivity index (χ4n) is 3.47. The minimum Gasteiger partial charge on any atom is -0.315 e. The smallest absolute Gasteiger partial charge is 0.240 e. The first kappa shape index (κ1) is 22.0. The average molecular weight is 438 g/mol. The molecule has 158 valence electrons. The van der Waals surface area contributed by atoms with E-state index in [1.807, 2.05) is 13.8 Å². The lowest BCUT2D eigenvalue weighted by Gasteiger charge is -2.36. The zero-order chi connectivity index (χ0) is 21.0. The molecule has 0 aromatic carbocycles. The van der Waals surface area contributed by atoms with Crippen molar-refractivity contribution in [2.45, 2.75) is 38.8 Å². The predicted molar refractivity (Wildman–Crippen MR) is 114 cm³/mol. The van der Waals surface area contributed by atoms with E-state index in [1.54, 1.807) is 21.7 Å². The van der Waals surface area contributed by atoms with Crippen molar-refractivity contribution in [3.05, 3.63) is 10.6 Å². The molecule has 9 nitrogen and oxygen atoms in total. The summed E-state index contributed by atoms with van der Waals surface area (Å²) in [7, 11) is 0. The number of amides is 2. The SMILES string of the molecule is Cc1nc(NC(=O)CN2CCC(N(N)CC(=O)N3CSC[C@H]3C#N)CC2)sc1C. The van der Waals surface area contributed by atoms with Crippen molar-refractivity contribution in [2.75, 3.05) is 43.1 Å². The second-order valence-electron chi connectivity index (χ2n) is 7.40. The van der Waals surface area contributed by atoms with Crippen molar-refractivity contribution in [3.63, 3.8) is 0 Å². The van der Waals surface area contributed by atoms with Gasteiger partial charge in [0.15, 0.2) is 5.13 Å². The number of likely N-dealkylation sites (tertiary alicyclic amines) is 1. The van der Waals surface area contributed by atoms with Crippen molar-refractivity contribution in [2.24, 2.45) is 5.84 Å². The monoisotopic (exact) mass is 437 g/mol. The van der Waals surface area contributed by atoms with E-state index in [4.69, 9.17) is 11.1 Å². The van der Waals surface area contributed by atoms with E-state index in [2.05, 4.69) is 21.3 Å². The number of nitrogens with one attached hydrogen (secondary N) is 1. The Kier molecular flexibility index (Phi) is 7.48. The molecule has 0 radical (unpaired) electrons. The number of anilines is 1. The van der Waals surface area contributed by atoms with Gasteiger partial charge in [-0.25, -0.2) is 9.99 Å². The highest BCUT2D eigenvalue weighted by Crippen LogP contribution is 2.22. The number of hydrogen-bond donors (Lipinski definition) is 2. The van der Waals surface area contributed by atoms with Crippen LogP contribution in [-0.4, -0.2) is 81.5 Å². The van der Waals surface area contributed by atoms with Gasteiger partial charge in [0.25, 0.3) is 0 Å². The molecule has 2 amide bonds. The summed E-state index contributed by atoms with van der Waals surface area (Å²) in [5, 5.41) is 14.2. The quantitative estimate of drug-likeness (QED) is 0.495. The third-order valence-electron chi connectivity index (χ3n) is 5.34. The fourth-order valence-corrected chi connectivity index (χ4v) is 5.40.